The number of nitrogens with zero attached hydrogens (tertiary/aromatic N) is 2. The van der Waals surface area contributed by atoms with Crippen molar-refractivity contribution in [2.45, 2.75) is 18.2 Å². The van der Waals surface area contributed by atoms with E-state index in [-0.39, 0.29) is 16.9 Å². The van der Waals surface area contributed by atoms with E-state index in [1.54, 1.807) is 16.7 Å². The molecule has 1 aliphatic heterocycles. The fraction of sp³-hybridized carbons (Fsp3) is 0.500. The van der Waals surface area contributed by atoms with Gasteiger partial charge >= 0.3 is 6.09 Å². The normalized spacial score (nSPS) is 15.8. The van der Waals surface area contributed by atoms with Crippen molar-refractivity contribution in [2.75, 3.05) is 39.0 Å². The second-order valence-corrected chi connectivity index (χ2v) is 7.64. The summed E-state index contributed by atoms with van der Waals surface area (Å²) >= 11 is 0. The van der Waals surface area contributed by atoms with E-state index in [9.17, 15) is 18.0 Å². The van der Waals surface area contributed by atoms with Crippen molar-refractivity contribution in [2.24, 2.45) is 0 Å². The number of amides is 2. The van der Waals surface area contributed by atoms with E-state index in [0.29, 0.717) is 44.8 Å². The maximum Gasteiger partial charge on any atom is 0.409 e. The number of carbonyl (C=O) groups is 2. The van der Waals surface area contributed by atoms with Gasteiger partial charge in [0, 0.05) is 38.0 Å². The number of hydrogen-bond acceptors (Lipinski definition) is 5. The van der Waals surface area contributed by atoms with E-state index >= 15 is 0 Å². The molecule has 2 amide bonds. The van der Waals surface area contributed by atoms with Gasteiger partial charge in [0.15, 0.2) is 9.84 Å². The van der Waals surface area contributed by atoms with E-state index < -0.39 is 9.84 Å². The summed E-state index contributed by atoms with van der Waals surface area (Å²) in [5.41, 5.74) is 0.437. The van der Waals surface area contributed by atoms with Gasteiger partial charge in [-0.25, -0.2) is 13.2 Å². The third-order valence-electron chi connectivity index (χ3n) is 3.84. The number of carbonyl (C=O) groups excluding carboxylic acids is 2. The standard InChI is InChI=1S/C16H22N2O5S/c1-3-23-16(20)18-10-4-9-17(11-12-18)15(19)13-5-7-14(8-6-13)24(2,21)22/h5-8H,3-4,9-12H2,1-2H3. The Bertz CT molecular complexity index is 700. The summed E-state index contributed by atoms with van der Waals surface area (Å²) in [5, 5.41) is 0. The molecule has 8 heteroatoms. The smallest absolute Gasteiger partial charge is 0.409 e. The lowest BCUT2D eigenvalue weighted by Gasteiger charge is -2.21. The fourth-order valence-corrected chi connectivity index (χ4v) is 3.18. The minimum atomic E-state index is -3.28. The molecule has 0 unspecified atom stereocenters. The zero-order valence-corrected chi connectivity index (χ0v) is 14.7. The zero-order valence-electron chi connectivity index (χ0n) is 13.9. The Labute approximate surface area is 142 Å². The van der Waals surface area contributed by atoms with Gasteiger partial charge in [-0.3, -0.25) is 4.79 Å². The summed E-state index contributed by atoms with van der Waals surface area (Å²) in [4.78, 5) is 27.8. The number of ether oxygens (including phenoxy) is 1. The van der Waals surface area contributed by atoms with Crippen LogP contribution in [0.2, 0.25) is 0 Å². The van der Waals surface area contributed by atoms with E-state index in [2.05, 4.69) is 0 Å². The Morgan fingerprint density at radius 1 is 1.04 bits per heavy atom. The average Bonchev–Trinajstić information content (AvgIpc) is 2.80. The van der Waals surface area contributed by atoms with Gasteiger partial charge < -0.3 is 14.5 Å². The van der Waals surface area contributed by atoms with E-state index in [1.807, 2.05) is 0 Å². The van der Waals surface area contributed by atoms with E-state index in [4.69, 9.17) is 4.74 Å². The van der Waals surface area contributed by atoms with Gasteiger partial charge in [0.2, 0.25) is 0 Å². The lowest BCUT2D eigenvalue weighted by Crippen LogP contribution is -2.37. The van der Waals surface area contributed by atoms with Crippen LogP contribution in [0.25, 0.3) is 0 Å². The lowest BCUT2D eigenvalue weighted by molar-refractivity contribution is 0.0753. The van der Waals surface area contributed by atoms with Crippen LogP contribution in [-0.4, -0.2) is 69.3 Å². The van der Waals surface area contributed by atoms with Crippen molar-refractivity contribution in [1.29, 1.82) is 0 Å². The second-order valence-electron chi connectivity index (χ2n) is 5.63. The number of benzene rings is 1. The van der Waals surface area contributed by atoms with Gasteiger partial charge in [-0.15, -0.1) is 0 Å². The Hall–Kier alpha value is -2.09. The van der Waals surface area contributed by atoms with Crippen LogP contribution in [0.4, 0.5) is 4.79 Å². The highest BCUT2D eigenvalue weighted by Crippen LogP contribution is 2.14. The third-order valence-corrected chi connectivity index (χ3v) is 4.97. The Kier molecular flexibility index (Phi) is 5.82. The first-order valence-electron chi connectivity index (χ1n) is 7.84. The van der Waals surface area contributed by atoms with E-state index in [0.717, 1.165) is 6.26 Å². The molecule has 7 nitrogen and oxygen atoms in total. The molecule has 0 aromatic heterocycles. The monoisotopic (exact) mass is 354 g/mol. The second kappa shape index (κ2) is 7.65. The maximum absolute atomic E-state index is 12.6. The third kappa shape index (κ3) is 4.47. The number of hydrogen-bond donors (Lipinski definition) is 0. The van der Waals surface area contributed by atoms with Crippen LogP contribution in [0, 0.1) is 0 Å². The largest absolute Gasteiger partial charge is 0.450 e. The van der Waals surface area contributed by atoms with Gasteiger partial charge in [0.1, 0.15) is 0 Å². The lowest BCUT2D eigenvalue weighted by atomic mass is 10.2. The van der Waals surface area contributed by atoms with Crippen molar-refractivity contribution in [3.8, 4) is 0 Å². The molecule has 2 rings (SSSR count). The quantitative estimate of drug-likeness (QED) is 0.819. The summed E-state index contributed by atoms with van der Waals surface area (Å²) < 4.78 is 27.9. The Balaban J connectivity index is 2.04. The predicted octanol–water partition coefficient (Wildman–Crippen LogP) is 1.39. The van der Waals surface area contributed by atoms with Crippen LogP contribution in [0.15, 0.2) is 29.2 Å². The molecule has 0 saturated carbocycles. The fourth-order valence-electron chi connectivity index (χ4n) is 2.55. The van der Waals surface area contributed by atoms with Crippen molar-refractivity contribution in [1.82, 2.24) is 9.80 Å². The maximum atomic E-state index is 12.6. The summed E-state index contributed by atoms with van der Waals surface area (Å²) in [6, 6.07) is 5.91. The zero-order chi connectivity index (χ0) is 17.7. The first-order valence-corrected chi connectivity index (χ1v) is 9.73. The Morgan fingerprint density at radius 3 is 2.21 bits per heavy atom. The molecule has 1 aromatic rings. The molecule has 0 atom stereocenters. The average molecular weight is 354 g/mol. The van der Waals surface area contributed by atoms with Crippen LogP contribution < -0.4 is 0 Å². The minimum absolute atomic E-state index is 0.166. The van der Waals surface area contributed by atoms with Crippen LogP contribution >= 0.6 is 0 Å². The van der Waals surface area contributed by atoms with Crippen LogP contribution in [0.5, 0.6) is 0 Å². The molecule has 0 bridgehead atoms. The number of rotatable bonds is 3. The molecule has 0 N–H and O–H groups in total. The van der Waals surface area contributed by atoms with Gasteiger partial charge in [0.05, 0.1) is 11.5 Å². The SMILES string of the molecule is CCOC(=O)N1CCCN(C(=O)c2ccc(S(C)(=O)=O)cc2)CC1. The van der Waals surface area contributed by atoms with Crippen molar-refractivity contribution in [3.05, 3.63) is 29.8 Å². The molecule has 1 aromatic carbocycles. The topological polar surface area (TPSA) is 84.0 Å². The molecular weight excluding hydrogens is 332 g/mol. The minimum Gasteiger partial charge on any atom is -0.450 e. The first-order chi connectivity index (χ1) is 11.3. The molecule has 1 fully saturated rings. The van der Waals surface area contributed by atoms with Crippen molar-refractivity contribution < 1.29 is 22.7 Å². The molecule has 1 heterocycles. The van der Waals surface area contributed by atoms with Gasteiger partial charge in [0.25, 0.3) is 5.91 Å². The highest BCUT2D eigenvalue weighted by molar-refractivity contribution is 7.90. The van der Waals surface area contributed by atoms with Gasteiger partial charge in [-0.05, 0) is 37.6 Å². The molecular formula is C16H22N2O5S. The molecule has 1 saturated heterocycles. The van der Waals surface area contributed by atoms with Gasteiger partial charge in [-0.1, -0.05) is 0 Å². The van der Waals surface area contributed by atoms with Crippen molar-refractivity contribution in [3.63, 3.8) is 0 Å². The highest BCUT2D eigenvalue weighted by Gasteiger charge is 2.23. The van der Waals surface area contributed by atoms with Crippen LogP contribution in [0.1, 0.15) is 23.7 Å². The van der Waals surface area contributed by atoms with E-state index in [1.165, 1.54) is 24.3 Å². The summed E-state index contributed by atoms with van der Waals surface area (Å²) in [6.45, 7) is 4.02. The van der Waals surface area contributed by atoms with Crippen LogP contribution in [-0.2, 0) is 14.6 Å². The summed E-state index contributed by atoms with van der Waals surface area (Å²) in [7, 11) is -3.28. The predicted molar refractivity (Wildman–Crippen MR) is 88.7 cm³/mol. The molecule has 0 radical (unpaired) electrons. The van der Waals surface area contributed by atoms with Crippen molar-refractivity contribution >= 4 is 21.8 Å². The highest BCUT2D eigenvalue weighted by atomic mass is 32.2. The summed E-state index contributed by atoms with van der Waals surface area (Å²) in [5.74, 6) is -0.166. The molecule has 132 valence electrons. The molecule has 1 aliphatic rings. The first kappa shape index (κ1) is 18.3. The molecule has 0 aliphatic carbocycles. The number of sulfone groups is 1. The van der Waals surface area contributed by atoms with Gasteiger partial charge in [-0.2, -0.15) is 0 Å². The Morgan fingerprint density at radius 2 is 1.62 bits per heavy atom. The molecule has 0 spiro atoms. The van der Waals surface area contributed by atoms with Crippen LogP contribution in [0.3, 0.4) is 0 Å². The summed E-state index contributed by atoms with van der Waals surface area (Å²) in [6.07, 6.45) is 1.44. The molecule has 24 heavy (non-hydrogen) atoms.